The van der Waals surface area contributed by atoms with Crippen molar-refractivity contribution >= 4 is 46.5 Å². The van der Waals surface area contributed by atoms with Crippen LogP contribution in [0.1, 0.15) is 38.7 Å². The molecule has 0 saturated carbocycles. The molecular formula is C23H24N8O3. The summed E-state index contributed by atoms with van der Waals surface area (Å²) in [5, 5.41) is 13.1. The van der Waals surface area contributed by atoms with Gasteiger partial charge in [0.2, 0.25) is 23.7 Å². The number of carbonyl (C=O) groups is 3. The lowest BCUT2D eigenvalue weighted by molar-refractivity contribution is -0.129. The minimum atomic E-state index is -0.601. The van der Waals surface area contributed by atoms with E-state index in [4.69, 9.17) is 0 Å². The standard InChI is InChI=1S/C23H24N8O3/c1-22(2)14-4-3-13(11-15(14)26-19(22)33)25-21-28-18-17(24-7-10-31(18)29-21)30-8-5-23(6-9-30)12-16(32)27-20(23)34/h3-4,7,10-11H,5-6,8-9,12H2,1-2H3,(H,25,29)(H,26,33)(H,27,32,34). The number of hydrogen-bond donors (Lipinski definition) is 3. The van der Waals surface area contributed by atoms with Gasteiger partial charge >= 0.3 is 0 Å². The van der Waals surface area contributed by atoms with Gasteiger partial charge in [0.1, 0.15) is 0 Å². The van der Waals surface area contributed by atoms with E-state index in [1.54, 1.807) is 16.9 Å². The molecule has 2 fully saturated rings. The Kier molecular flexibility index (Phi) is 4.23. The van der Waals surface area contributed by atoms with E-state index in [9.17, 15) is 14.4 Å². The number of anilines is 4. The van der Waals surface area contributed by atoms with Crippen LogP contribution in [0.5, 0.6) is 0 Å². The molecule has 0 unspecified atom stereocenters. The summed E-state index contributed by atoms with van der Waals surface area (Å²) in [5.74, 6) is 0.717. The Morgan fingerprint density at radius 1 is 1.06 bits per heavy atom. The maximum absolute atomic E-state index is 12.3. The number of hydrogen-bond acceptors (Lipinski definition) is 8. The summed E-state index contributed by atoms with van der Waals surface area (Å²) in [6.45, 7) is 5.00. The van der Waals surface area contributed by atoms with E-state index in [0.717, 1.165) is 16.9 Å². The summed E-state index contributed by atoms with van der Waals surface area (Å²) in [6.07, 6.45) is 4.84. The average Bonchev–Trinajstić information content (AvgIpc) is 3.40. The molecule has 3 aliphatic rings. The summed E-state index contributed by atoms with van der Waals surface area (Å²) in [7, 11) is 0. The lowest BCUT2D eigenvalue weighted by Gasteiger charge is -2.37. The van der Waals surface area contributed by atoms with E-state index in [-0.39, 0.29) is 24.1 Å². The van der Waals surface area contributed by atoms with E-state index >= 15 is 0 Å². The molecule has 3 amide bonds. The Morgan fingerprint density at radius 2 is 1.85 bits per heavy atom. The molecule has 0 aliphatic carbocycles. The van der Waals surface area contributed by atoms with Crippen LogP contribution in [-0.2, 0) is 19.8 Å². The Morgan fingerprint density at radius 3 is 2.59 bits per heavy atom. The van der Waals surface area contributed by atoms with E-state index in [1.165, 1.54) is 0 Å². The van der Waals surface area contributed by atoms with E-state index in [1.807, 2.05) is 32.0 Å². The highest BCUT2D eigenvalue weighted by Gasteiger charge is 2.48. The summed E-state index contributed by atoms with van der Waals surface area (Å²) in [6, 6.07) is 5.72. The SMILES string of the molecule is CC1(C)C(=O)Nc2cc(Nc3nc4c(N5CCC6(CC5)CC(=O)NC6=O)nccn4n3)ccc21. The Labute approximate surface area is 194 Å². The second-order valence-corrected chi connectivity index (χ2v) is 9.74. The third kappa shape index (κ3) is 3.03. The second kappa shape index (κ2) is 6.99. The van der Waals surface area contributed by atoms with Crippen molar-refractivity contribution in [1.29, 1.82) is 0 Å². The van der Waals surface area contributed by atoms with Gasteiger partial charge < -0.3 is 15.5 Å². The molecule has 174 valence electrons. The molecule has 3 N–H and O–H groups in total. The molecule has 2 saturated heterocycles. The number of rotatable bonds is 3. The van der Waals surface area contributed by atoms with Crippen LogP contribution in [0.3, 0.4) is 0 Å². The van der Waals surface area contributed by atoms with Crippen LogP contribution in [0, 0.1) is 5.41 Å². The number of amides is 3. The third-order valence-corrected chi connectivity index (χ3v) is 7.25. The smallest absolute Gasteiger partial charge is 0.247 e. The molecule has 11 heteroatoms. The maximum atomic E-state index is 12.3. The zero-order chi connectivity index (χ0) is 23.7. The van der Waals surface area contributed by atoms with Gasteiger partial charge in [0.25, 0.3) is 0 Å². The second-order valence-electron chi connectivity index (χ2n) is 9.74. The molecule has 6 rings (SSSR count). The average molecular weight is 460 g/mol. The highest BCUT2D eigenvalue weighted by atomic mass is 16.2. The van der Waals surface area contributed by atoms with Crippen molar-refractivity contribution in [2.75, 3.05) is 28.6 Å². The van der Waals surface area contributed by atoms with E-state index in [0.29, 0.717) is 43.3 Å². The lowest BCUT2D eigenvalue weighted by Crippen LogP contribution is -2.44. The number of nitrogens with zero attached hydrogens (tertiary/aromatic N) is 5. The minimum Gasteiger partial charge on any atom is -0.353 e. The normalized spacial score (nSPS) is 20.5. The first-order chi connectivity index (χ1) is 16.2. The van der Waals surface area contributed by atoms with Crippen LogP contribution in [0.15, 0.2) is 30.6 Å². The molecule has 0 radical (unpaired) electrons. The van der Waals surface area contributed by atoms with Crippen LogP contribution in [-0.4, -0.2) is 50.4 Å². The first kappa shape index (κ1) is 20.6. The van der Waals surface area contributed by atoms with Crippen molar-refractivity contribution in [3.8, 4) is 0 Å². The molecule has 2 aromatic heterocycles. The molecular weight excluding hydrogens is 436 g/mol. The molecule has 3 aromatic rings. The van der Waals surface area contributed by atoms with Gasteiger partial charge in [-0.25, -0.2) is 9.50 Å². The van der Waals surface area contributed by atoms with Crippen molar-refractivity contribution in [3.05, 3.63) is 36.2 Å². The number of fused-ring (bicyclic) bond motifs is 2. The summed E-state index contributed by atoms with van der Waals surface area (Å²) < 4.78 is 1.67. The molecule has 3 aliphatic heterocycles. The summed E-state index contributed by atoms with van der Waals surface area (Å²) >= 11 is 0. The van der Waals surface area contributed by atoms with Crippen molar-refractivity contribution in [3.63, 3.8) is 0 Å². The maximum Gasteiger partial charge on any atom is 0.247 e. The number of aromatic nitrogens is 4. The molecule has 1 aromatic carbocycles. The highest BCUT2D eigenvalue weighted by Crippen LogP contribution is 2.40. The van der Waals surface area contributed by atoms with Crippen LogP contribution < -0.4 is 20.9 Å². The predicted molar refractivity (Wildman–Crippen MR) is 124 cm³/mol. The first-order valence-electron chi connectivity index (χ1n) is 11.3. The quantitative estimate of drug-likeness (QED) is 0.503. The fourth-order valence-corrected chi connectivity index (χ4v) is 5.12. The molecule has 11 nitrogen and oxygen atoms in total. The molecule has 34 heavy (non-hydrogen) atoms. The van der Waals surface area contributed by atoms with Gasteiger partial charge in [-0.3, -0.25) is 19.7 Å². The molecule has 1 spiro atoms. The van der Waals surface area contributed by atoms with Crippen molar-refractivity contribution < 1.29 is 14.4 Å². The van der Waals surface area contributed by atoms with Gasteiger partial charge in [0, 0.05) is 43.3 Å². The van der Waals surface area contributed by atoms with E-state index in [2.05, 4.69) is 35.9 Å². The van der Waals surface area contributed by atoms with Crippen molar-refractivity contribution in [2.45, 2.75) is 38.5 Å². The van der Waals surface area contributed by atoms with Crippen molar-refractivity contribution in [1.82, 2.24) is 24.9 Å². The zero-order valence-corrected chi connectivity index (χ0v) is 18.9. The monoisotopic (exact) mass is 460 g/mol. The van der Waals surface area contributed by atoms with Crippen LogP contribution in [0.2, 0.25) is 0 Å². The van der Waals surface area contributed by atoms with Gasteiger partial charge in [-0.2, -0.15) is 4.98 Å². The Hall–Kier alpha value is -4.02. The number of carbonyl (C=O) groups excluding carboxylic acids is 3. The molecule has 5 heterocycles. The summed E-state index contributed by atoms with van der Waals surface area (Å²) in [5.41, 5.74) is 1.94. The van der Waals surface area contributed by atoms with Gasteiger partial charge in [-0.05, 0) is 44.4 Å². The van der Waals surface area contributed by atoms with Crippen LogP contribution >= 0.6 is 0 Å². The number of piperidine rings is 1. The first-order valence-corrected chi connectivity index (χ1v) is 11.3. The fraction of sp³-hybridized carbons (Fsp3) is 0.391. The van der Waals surface area contributed by atoms with E-state index < -0.39 is 10.8 Å². The Balaban J connectivity index is 1.24. The molecule has 0 bridgehead atoms. The van der Waals surface area contributed by atoms with Crippen LogP contribution in [0.4, 0.5) is 23.1 Å². The topological polar surface area (TPSA) is 134 Å². The summed E-state index contributed by atoms with van der Waals surface area (Å²) in [4.78, 5) is 47.5. The highest BCUT2D eigenvalue weighted by molar-refractivity contribution is 6.06. The van der Waals surface area contributed by atoms with Crippen LogP contribution in [0.25, 0.3) is 5.65 Å². The fourth-order valence-electron chi connectivity index (χ4n) is 5.12. The number of imide groups is 1. The Bertz CT molecular complexity index is 1370. The molecule has 0 atom stereocenters. The lowest BCUT2D eigenvalue weighted by atomic mass is 9.77. The largest absolute Gasteiger partial charge is 0.353 e. The minimum absolute atomic E-state index is 0.0241. The van der Waals surface area contributed by atoms with Gasteiger partial charge in [0.15, 0.2) is 11.5 Å². The van der Waals surface area contributed by atoms with Gasteiger partial charge in [-0.1, -0.05) is 6.07 Å². The van der Waals surface area contributed by atoms with Gasteiger partial charge in [-0.15, -0.1) is 5.10 Å². The third-order valence-electron chi connectivity index (χ3n) is 7.25. The predicted octanol–water partition coefficient (Wildman–Crippen LogP) is 1.73. The number of nitrogens with one attached hydrogen (secondary N) is 3. The van der Waals surface area contributed by atoms with Crippen molar-refractivity contribution in [2.24, 2.45) is 5.41 Å². The zero-order valence-electron chi connectivity index (χ0n) is 18.9. The van der Waals surface area contributed by atoms with Gasteiger partial charge in [0.05, 0.1) is 10.8 Å². The number of benzene rings is 1.